The largest absolute Gasteiger partial charge is 0.416 e. The Morgan fingerprint density at radius 1 is 1.21 bits per heavy atom. The maximum Gasteiger partial charge on any atom is 0.416 e. The van der Waals surface area contributed by atoms with Gasteiger partial charge in [-0.2, -0.15) is 13.2 Å². The van der Waals surface area contributed by atoms with Gasteiger partial charge in [-0.15, -0.1) is 0 Å². The predicted molar refractivity (Wildman–Crippen MR) is 46.6 cm³/mol. The molecule has 0 radical (unpaired) electrons. The zero-order valence-corrected chi connectivity index (χ0v) is 7.30. The highest BCUT2D eigenvalue weighted by molar-refractivity contribution is 5.45. The third-order valence-corrected chi connectivity index (χ3v) is 1.74. The van der Waals surface area contributed by atoms with Gasteiger partial charge in [0.15, 0.2) is 0 Å². The number of rotatable bonds is 2. The van der Waals surface area contributed by atoms with Crippen molar-refractivity contribution in [3.8, 4) is 0 Å². The third kappa shape index (κ3) is 2.63. The second-order valence-electron chi connectivity index (χ2n) is 2.93. The minimum absolute atomic E-state index is 0.0586. The molecule has 0 aliphatic carbocycles. The fourth-order valence-corrected chi connectivity index (χ4v) is 1.16. The lowest BCUT2D eigenvalue weighted by atomic mass is 10.1. The zero-order valence-electron chi connectivity index (χ0n) is 7.30. The van der Waals surface area contributed by atoms with Crippen molar-refractivity contribution < 1.29 is 18.3 Å². The van der Waals surface area contributed by atoms with Gasteiger partial charge in [-0.05, 0) is 30.2 Å². The molecule has 0 heterocycles. The van der Waals surface area contributed by atoms with Crippen LogP contribution < -0.4 is 5.73 Å². The zero-order chi connectivity index (χ0) is 10.8. The molecular weight excluding hydrogens is 195 g/mol. The highest BCUT2D eigenvalue weighted by atomic mass is 19.4. The Labute approximate surface area is 79.2 Å². The van der Waals surface area contributed by atoms with Crippen molar-refractivity contribution in [1.82, 2.24) is 0 Å². The van der Waals surface area contributed by atoms with Crippen molar-refractivity contribution in [1.29, 1.82) is 0 Å². The fraction of sp³-hybridized carbons (Fsp3) is 0.333. The Kier molecular flexibility index (Phi) is 3.00. The van der Waals surface area contributed by atoms with Gasteiger partial charge in [0.2, 0.25) is 0 Å². The first-order valence-corrected chi connectivity index (χ1v) is 4.01. The second-order valence-corrected chi connectivity index (χ2v) is 2.93. The molecular formula is C9H10F3NO. The van der Waals surface area contributed by atoms with Gasteiger partial charge in [0.05, 0.1) is 5.56 Å². The van der Waals surface area contributed by atoms with E-state index in [0.29, 0.717) is 5.56 Å². The van der Waals surface area contributed by atoms with Crippen molar-refractivity contribution in [3.05, 3.63) is 29.3 Å². The summed E-state index contributed by atoms with van der Waals surface area (Å²) in [7, 11) is 0. The Balaban J connectivity index is 3.07. The molecule has 0 aliphatic rings. The van der Waals surface area contributed by atoms with E-state index >= 15 is 0 Å². The monoisotopic (exact) mass is 205 g/mol. The molecule has 0 aromatic heterocycles. The van der Waals surface area contributed by atoms with Gasteiger partial charge in [0.25, 0.3) is 0 Å². The molecule has 0 bridgehead atoms. The molecule has 1 aromatic carbocycles. The Hall–Kier alpha value is -1.23. The average Bonchev–Trinajstić information content (AvgIpc) is 2.02. The van der Waals surface area contributed by atoms with Crippen LogP contribution in [0.3, 0.4) is 0 Å². The van der Waals surface area contributed by atoms with E-state index in [1.807, 2.05) is 0 Å². The van der Waals surface area contributed by atoms with Crippen molar-refractivity contribution in [3.63, 3.8) is 0 Å². The predicted octanol–water partition coefficient (Wildman–Crippen LogP) is 1.82. The van der Waals surface area contributed by atoms with Crippen molar-refractivity contribution in [2.75, 3.05) is 12.3 Å². The van der Waals surface area contributed by atoms with E-state index in [-0.39, 0.29) is 18.7 Å². The van der Waals surface area contributed by atoms with E-state index in [1.165, 1.54) is 6.07 Å². The number of alkyl halides is 3. The standard InChI is InChI=1S/C9H10F3NO/c10-9(11,12)7-3-6(1-2-14)4-8(13)5-7/h3-5,14H,1-2,13H2. The number of aliphatic hydroxyl groups is 1. The van der Waals surface area contributed by atoms with Gasteiger partial charge in [-0.3, -0.25) is 0 Å². The summed E-state index contributed by atoms with van der Waals surface area (Å²) < 4.78 is 36.8. The molecule has 2 nitrogen and oxygen atoms in total. The summed E-state index contributed by atoms with van der Waals surface area (Å²) in [6.45, 7) is -0.194. The minimum atomic E-state index is -4.39. The Bertz CT molecular complexity index is 322. The Morgan fingerprint density at radius 3 is 2.36 bits per heavy atom. The first-order valence-electron chi connectivity index (χ1n) is 4.01. The number of nitrogen functional groups attached to an aromatic ring is 1. The van der Waals surface area contributed by atoms with Gasteiger partial charge >= 0.3 is 6.18 Å². The fourth-order valence-electron chi connectivity index (χ4n) is 1.16. The highest BCUT2D eigenvalue weighted by Gasteiger charge is 2.30. The van der Waals surface area contributed by atoms with Crippen LogP contribution in [0.15, 0.2) is 18.2 Å². The lowest BCUT2D eigenvalue weighted by Gasteiger charge is -2.09. The number of anilines is 1. The first-order chi connectivity index (χ1) is 6.43. The molecule has 3 N–H and O–H groups in total. The summed E-state index contributed by atoms with van der Waals surface area (Å²) >= 11 is 0. The van der Waals surface area contributed by atoms with E-state index < -0.39 is 11.7 Å². The van der Waals surface area contributed by atoms with E-state index in [4.69, 9.17) is 10.8 Å². The van der Waals surface area contributed by atoms with Crippen LogP contribution in [0.1, 0.15) is 11.1 Å². The van der Waals surface area contributed by atoms with Gasteiger partial charge in [0, 0.05) is 12.3 Å². The number of aliphatic hydroxyl groups excluding tert-OH is 1. The summed E-state index contributed by atoms with van der Waals surface area (Å²) in [4.78, 5) is 0. The maximum atomic E-state index is 12.3. The normalized spacial score (nSPS) is 11.7. The van der Waals surface area contributed by atoms with E-state index in [1.54, 1.807) is 0 Å². The maximum absolute atomic E-state index is 12.3. The van der Waals surface area contributed by atoms with Crippen LogP contribution in [0.4, 0.5) is 18.9 Å². The van der Waals surface area contributed by atoms with Crippen LogP contribution in [-0.2, 0) is 12.6 Å². The molecule has 0 amide bonds. The molecule has 1 rings (SSSR count). The molecule has 0 fully saturated rings. The van der Waals surface area contributed by atoms with Crippen molar-refractivity contribution >= 4 is 5.69 Å². The number of hydrogen-bond acceptors (Lipinski definition) is 2. The van der Waals surface area contributed by atoms with Crippen LogP contribution in [0, 0.1) is 0 Å². The van der Waals surface area contributed by atoms with Gasteiger partial charge in [0.1, 0.15) is 0 Å². The summed E-state index contributed by atoms with van der Waals surface area (Å²) in [6, 6.07) is 3.29. The van der Waals surface area contributed by atoms with Crippen LogP contribution in [0.25, 0.3) is 0 Å². The molecule has 5 heteroatoms. The van der Waals surface area contributed by atoms with Crippen molar-refractivity contribution in [2.45, 2.75) is 12.6 Å². The second kappa shape index (κ2) is 3.88. The van der Waals surface area contributed by atoms with E-state index in [9.17, 15) is 13.2 Å². The molecule has 14 heavy (non-hydrogen) atoms. The van der Waals surface area contributed by atoms with Gasteiger partial charge < -0.3 is 10.8 Å². The number of halogens is 3. The number of hydrogen-bond donors (Lipinski definition) is 2. The third-order valence-electron chi connectivity index (χ3n) is 1.74. The molecule has 0 unspecified atom stereocenters. The summed E-state index contributed by atoms with van der Waals surface area (Å²) in [6.07, 6.45) is -4.21. The quantitative estimate of drug-likeness (QED) is 0.723. The van der Waals surface area contributed by atoms with Crippen LogP contribution in [0.5, 0.6) is 0 Å². The molecule has 0 aliphatic heterocycles. The van der Waals surface area contributed by atoms with Gasteiger partial charge in [-0.1, -0.05) is 0 Å². The van der Waals surface area contributed by atoms with Crippen molar-refractivity contribution in [2.24, 2.45) is 0 Å². The molecule has 0 saturated carbocycles. The molecule has 1 aromatic rings. The Morgan fingerprint density at radius 2 is 1.86 bits per heavy atom. The smallest absolute Gasteiger partial charge is 0.399 e. The highest BCUT2D eigenvalue weighted by Crippen LogP contribution is 2.31. The average molecular weight is 205 g/mol. The van der Waals surface area contributed by atoms with Crippen LogP contribution in [-0.4, -0.2) is 11.7 Å². The molecule has 0 saturated heterocycles. The topological polar surface area (TPSA) is 46.2 Å². The first kappa shape index (κ1) is 10.8. The van der Waals surface area contributed by atoms with E-state index in [2.05, 4.69) is 0 Å². The van der Waals surface area contributed by atoms with Crippen LogP contribution >= 0.6 is 0 Å². The number of benzene rings is 1. The van der Waals surface area contributed by atoms with E-state index in [0.717, 1.165) is 12.1 Å². The lowest BCUT2D eigenvalue weighted by molar-refractivity contribution is -0.137. The summed E-state index contributed by atoms with van der Waals surface area (Å²) in [5.74, 6) is 0. The molecule has 0 spiro atoms. The molecule has 0 atom stereocenters. The minimum Gasteiger partial charge on any atom is -0.399 e. The van der Waals surface area contributed by atoms with Gasteiger partial charge in [-0.25, -0.2) is 0 Å². The lowest BCUT2D eigenvalue weighted by Crippen LogP contribution is -2.07. The molecule has 78 valence electrons. The summed E-state index contributed by atoms with van der Waals surface area (Å²) in [5, 5.41) is 8.58. The summed E-state index contributed by atoms with van der Waals surface area (Å²) in [5.41, 5.74) is 4.98. The van der Waals surface area contributed by atoms with Crippen LogP contribution in [0.2, 0.25) is 0 Å². The number of nitrogens with two attached hydrogens (primary N) is 1. The SMILES string of the molecule is Nc1cc(CCO)cc(C(F)(F)F)c1.